The van der Waals surface area contributed by atoms with E-state index in [1.807, 2.05) is 6.92 Å². The highest BCUT2D eigenvalue weighted by Crippen LogP contribution is 2.25. The number of ether oxygens (including phenoxy) is 2. The first-order valence-corrected chi connectivity index (χ1v) is 6.06. The monoisotopic (exact) mass is 277 g/mol. The molecule has 0 aliphatic rings. The number of rotatable bonds is 5. The first-order chi connectivity index (χ1) is 9.63. The molecule has 2 rings (SSSR count). The number of benzene rings is 1. The van der Waals surface area contributed by atoms with Gasteiger partial charge >= 0.3 is 0 Å². The number of hydrogen-bond acceptors (Lipinski definition) is 6. The van der Waals surface area contributed by atoms with Crippen LogP contribution in [0.5, 0.6) is 11.5 Å². The SMILES string of the molecule is CCOc1ccc(OC)cc1C(=O)Nc1noc(C)n1. The van der Waals surface area contributed by atoms with Crippen LogP contribution >= 0.6 is 0 Å². The first-order valence-electron chi connectivity index (χ1n) is 6.06. The summed E-state index contributed by atoms with van der Waals surface area (Å²) in [6.45, 7) is 3.93. The summed E-state index contributed by atoms with van der Waals surface area (Å²) in [5.74, 6) is 1.11. The molecular formula is C13H15N3O4. The average Bonchev–Trinajstić information content (AvgIpc) is 2.84. The van der Waals surface area contributed by atoms with Crippen molar-refractivity contribution < 1.29 is 18.8 Å². The lowest BCUT2D eigenvalue weighted by molar-refractivity contribution is 0.102. The molecule has 0 radical (unpaired) electrons. The van der Waals surface area contributed by atoms with E-state index in [0.717, 1.165) is 0 Å². The normalized spacial score (nSPS) is 10.2. The fourth-order valence-corrected chi connectivity index (χ4v) is 1.61. The van der Waals surface area contributed by atoms with Crippen LogP contribution in [0.1, 0.15) is 23.2 Å². The quantitative estimate of drug-likeness (QED) is 0.900. The van der Waals surface area contributed by atoms with E-state index in [-0.39, 0.29) is 5.95 Å². The maximum Gasteiger partial charge on any atom is 0.270 e. The third-order valence-electron chi connectivity index (χ3n) is 2.48. The topological polar surface area (TPSA) is 86.5 Å². The average molecular weight is 277 g/mol. The number of aryl methyl sites for hydroxylation is 1. The largest absolute Gasteiger partial charge is 0.497 e. The van der Waals surface area contributed by atoms with E-state index in [4.69, 9.17) is 14.0 Å². The number of nitrogens with one attached hydrogen (secondary N) is 1. The molecule has 0 saturated heterocycles. The molecule has 2 aromatic rings. The number of aromatic nitrogens is 2. The van der Waals surface area contributed by atoms with Gasteiger partial charge in [0.2, 0.25) is 5.89 Å². The van der Waals surface area contributed by atoms with Crippen LogP contribution in [0.4, 0.5) is 5.95 Å². The molecule has 1 N–H and O–H groups in total. The fraction of sp³-hybridized carbons (Fsp3) is 0.308. The summed E-state index contributed by atoms with van der Waals surface area (Å²) in [6, 6.07) is 4.99. The number of carbonyl (C=O) groups excluding carboxylic acids is 1. The molecule has 0 atom stereocenters. The molecule has 1 heterocycles. The van der Waals surface area contributed by atoms with Gasteiger partial charge in [-0.15, -0.1) is 0 Å². The highest BCUT2D eigenvalue weighted by atomic mass is 16.5. The molecular weight excluding hydrogens is 262 g/mol. The van der Waals surface area contributed by atoms with Gasteiger partial charge in [0.1, 0.15) is 11.5 Å². The highest BCUT2D eigenvalue weighted by molar-refractivity contribution is 6.05. The zero-order valence-corrected chi connectivity index (χ0v) is 11.5. The van der Waals surface area contributed by atoms with Crippen LogP contribution < -0.4 is 14.8 Å². The van der Waals surface area contributed by atoms with Gasteiger partial charge in [0.25, 0.3) is 11.9 Å². The smallest absolute Gasteiger partial charge is 0.270 e. The minimum absolute atomic E-state index is 0.109. The second-order valence-corrected chi connectivity index (χ2v) is 3.89. The van der Waals surface area contributed by atoms with Gasteiger partial charge in [-0.3, -0.25) is 10.1 Å². The predicted molar refractivity (Wildman–Crippen MR) is 71.2 cm³/mol. The summed E-state index contributed by atoms with van der Waals surface area (Å²) in [6.07, 6.45) is 0. The fourth-order valence-electron chi connectivity index (χ4n) is 1.61. The Morgan fingerprint density at radius 1 is 1.45 bits per heavy atom. The maximum atomic E-state index is 12.2. The Balaban J connectivity index is 2.26. The lowest BCUT2D eigenvalue weighted by Crippen LogP contribution is -2.14. The minimum Gasteiger partial charge on any atom is -0.497 e. The number of hydrogen-bond donors (Lipinski definition) is 1. The maximum absolute atomic E-state index is 12.2. The van der Waals surface area contributed by atoms with Crippen molar-refractivity contribution in [3.63, 3.8) is 0 Å². The van der Waals surface area contributed by atoms with Crippen LogP contribution in [0.2, 0.25) is 0 Å². The van der Waals surface area contributed by atoms with Crippen molar-refractivity contribution in [2.75, 3.05) is 19.0 Å². The molecule has 1 aromatic carbocycles. The van der Waals surface area contributed by atoms with Gasteiger partial charge in [0.15, 0.2) is 0 Å². The summed E-state index contributed by atoms with van der Waals surface area (Å²) >= 11 is 0. The third-order valence-corrected chi connectivity index (χ3v) is 2.48. The van der Waals surface area contributed by atoms with E-state index in [9.17, 15) is 4.79 Å². The third kappa shape index (κ3) is 3.05. The Morgan fingerprint density at radius 2 is 2.25 bits per heavy atom. The van der Waals surface area contributed by atoms with E-state index in [1.165, 1.54) is 7.11 Å². The molecule has 7 heteroatoms. The molecule has 0 aliphatic heterocycles. The number of methoxy groups -OCH3 is 1. The molecule has 1 aromatic heterocycles. The molecule has 1 amide bonds. The molecule has 20 heavy (non-hydrogen) atoms. The van der Waals surface area contributed by atoms with Crippen molar-refractivity contribution in [1.29, 1.82) is 0 Å². The minimum atomic E-state index is -0.395. The summed E-state index contributed by atoms with van der Waals surface area (Å²) in [7, 11) is 1.53. The lowest BCUT2D eigenvalue weighted by Gasteiger charge is -2.10. The summed E-state index contributed by atoms with van der Waals surface area (Å²) < 4.78 is 15.3. The van der Waals surface area contributed by atoms with Crippen molar-refractivity contribution in [3.8, 4) is 11.5 Å². The highest BCUT2D eigenvalue weighted by Gasteiger charge is 2.16. The second kappa shape index (κ2) is 6.05. The van der Waals surface area contributed by atoms with E-state index in [1.54, 1.807) is 25.1 Å². The molecule has 7 nitrogen and oxygen atoms in total. The number of anilines is 1. The predicted octanol–water partition coefficient (Wildman–Crippen LogP) is 2.04. The van der Waals surface area contributed by atoms with Crippen molar-refractivity contribution >= 4 is 11.9 Å². The Labute approximate surface area is 115 Å². The van der Waals surface area contributed by atoms with Crippen molar-refractivity contribution in [1.82, 2.24) is 10.1 Å². The van der Waals surface area contributed by atoms with Crippen molar-refractivity contribution in [2.24, 2.45) is 0 Å². The van der Waals surface area contributed by atoms with E-state index >= 15 is 0 Å². The van der Waals surface area contributed by atoms with E-state index in [2.05, 4.69) is 15.5 Å². The Morgan fingerprint density at radius 3 is 2.85 bits per heavy atom. The van der Waals surface area contributed by atoms with Crippen molar-refractivity contribution in [2.45, 2.75) is 13.8 Å². The Bertz CT molecular complexity index is 609. The van der Waals surface area contributed by atoms with Gasteiger partial charge in [-0.25, -0.2) is 0 Å². The second-order valence-electron chi connectivity index (χ2n) is 3.89. The van der Waals surface area contributed by atoms with E-state index < -0.39 is 5.91 Å². The molecule has 0 fully saturated rings. The molecule has 0 aliphatic carbocycles. The van der Waals surface area contributed by atoms with Gasteiger partial charge in [-0.05, 0) is 30.3 Å². The number of carbonyl (C=O) groups is 1. The van der Waals surface area contributed by atoms with Gasteiger partial charge in [0, 0.05) is 6.92 Å². The molecule has 0 unspecified atom stereocenters. The molecule has 106 valence electrons. The Kier molecular flexibility index (Phi) is 4.19. The van der Waals surface area contributed by atoms with E-state index in [0.29, 0.717) is 29.6 Å². The zero-order chi connectivity index (χ0) is 14.5. The van der Waals surface area contributed by atoms with Crippen LogP contribution in [0.15, 0.2) is 22.7 Å². The van der Waals surface area contributed by atoms with Gasteiger partial charge in [-0.2, -0.15) is 4.98 Å². The standard InChI is InChI=1S/C13H15N3O4/c1-4-19-11-6-5-9(18-3)7-10(11)12(17)15-13-14-8(2)20-16-13/h5-7H,4H2,1-3H3,(H,15,16,17). The molecule has 0 spiro atoms. The van der Waals surface area contributed by atoms with Crippen LogP contribution in [0.25, 0.3) is 0 Å². The van der Waals surface area contributed by atoms with Crippen LogP contribution in [-0.2, 0) is 0 Å². The lowest BCUT2D eigenvalue weighted by atomic mass is 10.1. The Hall–Kier alpha value is -2.57. The van der Waals surface area contributed by atoms with Gasteiger partial charge in [0.05, 0.1) is 19.3 Å². The zero-order valence-electron chi connectivity index (χ0n) is 11.5. The number of amides is 1. The molecule has 0 saturated carbocycles. The van der Waals surface area contributed by atoms with Crippen LogP contribution in [-0.4, -0.2) is 29.8 Å². The van der Waals surface area contributed by atoms with Gasteiger partial charge in [-0.1, -0.05) is 0 Å². The number of nitrogens with zero attached hydrogens (tertiary/aromatic N) is 2. The van der Waals surface area contributed by atoms with Crippen LogP contribution in [0, 0.1) is 6.92 Å². The first kappa shape index (κ1) is 13.9. The summed E-state index contributed by atoms with van der Waals surface area (Å²) in [5.41, 5.74) is 0.341. The van der Waals surface area contributed by atoms with Crippen LogP contribution in [0.3, 0.4) is 0 Å². The summed E-state index contributed by atoms with van der Waals surface area (Å²) in [4.78, 5) is 16.1. The van der Waals surface area contributed by atoms with Gasteiger partial charge < -0.3 is 14.0 Å². The molecule has 0 bridgehead atoms. The van der Waals surface area contributed by atoms with Crippen molar-refractivity contribution in [3.05, 3.63) is 29.7 Å². The summed E-state index contributed by atoms with van der Waals surface area (Å²) in [5, 5.41) is 6.15.